The van der Waals surface area contributed by atoms with E-state index in [-0.39, 0.29) is 18.6 Å². The van der Waals surface area contributed by atoms with E-state index in [0.29, 0.717) is 10.0 Å². The molecular weight excluding hydrogens is 421 g/mol. The van der Waals surface area contributed by atoms with Crippen LogP contribution >= 0.6 is 15.9 Å². The molecule has 0 aliphatic carbocycles. The predicted molar refractivity (Wildman–Crippen MR) is 89.5 cm³/mol. The van der Waals surface area contributed by atoms with Crippen LogP contribution in [0.2, 0.25) is 0 Å². The molecule has 26 heavy (non-hydrogen) atoms. The molecule has 1 aromatic heterocycles. The quantitative estimate of drug-likeness (QED) is 0.731. The van der Waals surface area contributed by atoms with Crippen molar-refractivity contribution in [2.45, 2.75) is 19.0 Å². The molecule has 1 unspecified atom stereocenters. The molecule has 1 heterocycles. The van der Waals surface area contributed by atoms with Crippen LogP contribution in [0.5, 0.6) is 5.75 Å². The Balaban J connectivity index is 1.89. The van der Waals surface area contributed by atoms with E-state index in [1.54, 1.807) is 6.07 Å². The van der Waals surface area contributed by atoms with Crippen LogP contribution in [0.15, 0.2) is 51.9 Å². The van der Waals surface area contributed by atoms with Crippen LogP contribution in [0.25, 0.3) is 0 Å². The van der Waals surface area contributed by atoms with Crippen LogP contribution in [0, 0.1) is 0 Å². The molecule has 0 radical (unpaired) electrons. The molecule has 0 bridgehead atoms. The lowest BCUT2D eigenvalue weighted by molar-refractivity contribution is -0.274. The van der Waals surface area contributed by atoms with Crippen molar-refractivity contribution in [3.63, 3.8) is 0 Å². The maximum atomic E-state index is 12.1. The van der Waals surface area contributed by atoms with E-state index in [2.05, 4.69) is 26.0 Å². The summed E-state index contributed by atoms with van der Waals surface area (Å²) < 4.78 is 41.8. The number of rotatable bonds is 6. The second-order valence-electron chi connectivity index (χ2n) is 5.25. The standard InChI is InChI=1S/C16H14BrF3N2O4/c17-11-3-6-15(25)22(8-11)9-14(24)21-7-13(23)10-1-4-12(5-2-10)26-16(18,19)20/h1-6,8,13,23H,7,9H2,(H,21,24). The van der Waals surface area contributed by atoms with Gasteiger partial charge in [0.05, 0.1) is 6.10 Å². The zero-order valence-corrected chi connectivity index (χ0v) is 14.8. The Bertz CT molecular complexity index is 821. The van der Waals surface area contributed by atoms with Gasteiger partial charge in [0.15, 0.2) is 0 Å². The first-order valence-corrected chi connectivity index (χ1v) is 8.10. The number of halogens is 4. The number of aliphatic hydroxyl groups is 1. The highest BCUT2D eigenvalue weighted by Gasteiger charge is 2.31. The number of aliphatic hydroxyl groups excluding tert-OH is 1. The third kappa shape index (κ3) is 6.19. The van der Waals surface area contributed by atoms with Crippen molar-refractivity contribution in [3.8, 4) is 5.75 Å². The average molecular weight is 435 g/mol. The highest BCUT2D eigenvalue weighted by Crippen LogP contribution is 2.24. The summed E-state index contributed by atoms with van der Waals surface area (Å²) in [4.78, 5) is 23.5. The molecule has 1 amide bonds. The van der Waals surface area contributed by atoms with Crippen molar-refractivity contribution in [2.75, 3.05) is 6.54 Å². The fourth-order valence-electron chi connectivity index (χ4n) is 2.06. The zero-order chi connectivity index (χ0) is 19.3. The van der Waals surface area contributed by atoms with E-state index in [1.165, 1.54) is 29.0 Å². The minimum Gasteiger partial charge on any atom is -0.406 e. The zero-order valence-electron chi connectivity index (χ0n) is 13.2. The van der Waals surface area contributed by atoms with Gasteiger partial charge in [0.1, 0.15) is 12.3 Å². The molecule has 2 rings (SSSR count). The molecule has 140 valence electrons. The number of carbonyl (C=O) groups excluding carboxylic acids is 1. The summed E-state index contributed by atoms with van der Waals surface area (Å²) in [5.41, 5.74) is -0.0522. The van der Waals surface area contributed by atoms with Gasteiger partial charge in [-0.15, -0.1) is 13.2 Å². The van der Waals surface area contributed by atoms with E-state index in [9.17, 15) is 27.9 Å². The number of benzene rings is 1. The molecule has 1 aromatic carbocycles. The maximum absolute atomic E-state index is 12.1. The minimum atomic E-state index is -4.79. The molecule has 0 saturated carbocycles. The van der Waals surface area contributed by atoms with E-state index in [4.69, 9.17) is 0 Å². The predicted octanol–water partition coefficient (Wildman–Crippen LogP) is 2.36. The summed E-state index contributed by atoms with van der Waals surface area (Å²) in [6.45, 7) is -0.398. The number of pyridine rings is 1. The smallest absolute Gasteiger partial charge is 0.406 e. The van der Waals surface area contributed by atoms with Gasteiger partial charge in [-0.1, -0.05) is 12.1 Å². The highest BCUT2D eigenvalue weighted by atomic mass is 79.9. The Morgan fingerprint density at radius 2 is 1.88 bits per heavy atom. The first-order valence-electron chi connectivity index (χ1n) is 7.30. The Kier molecular flexibility index (Phi) is 6.43. The average Bonchev–Trinajstić information content (AvgIpc) is 2.55. The highest BCUT2D eigenvalue weighted by molar-refractivity contribution is 9.10. The molecule has 0 fully saturated rings. The largest absolute Gasteiger partial charge is 0.573 e. The summed E-state index contributed by atoms with van der Waals surface area (Å²) in [6, 6.07) is 7.50. The van der Waals surface area contributed by atoms with E-state index < -0.39 is 24.1 Å². The van der Waals surface area contributed by atoms with Crippen molar-refractivity contribution >= 4 is 21.8 Å². The second kappa shape index (κ2) is 8.37. The number of carbonyl (C=O) groups is 1. The normalized spacial score (nSPS) is 12.5. The third-order valence-corrected chi connectivity index (χ3v) is 3.72. The number of hydrogen-bond donors (Lipinski definition) is 2. The summed E-state index contributed by atoms with van der Waals surface area (Å²) >= 11 is 3.19. The van der Waals surface area contributed by atoms with E-state index >= 15 is 0 Å². The van der Waals surface area contributed by atoms with Gasteiger partial charge in [0, 0.05) is 23.3 Å². The molecule has 0 saturated heterocycles. The van der Waals surface area contributed by atoms with Crippen molar-refractivity contribution in [1.29, 1.82) is 0 Å². The summed E-state index contributed by atoms with van der Waals surface area (Å²) in [6.07, 6.45) is -4.46. The van der Waals surface area contributed by atoms with Gasteiger partial charge in [0.2, 0.25) is 5.91 Å². The molecule has 0 spiro atoms. The summed E-state index contributed by atoms with van der Waals surface area (Å²) in [5.74, 6) is -0.909. The van der Waals surface area contributed by atoms with Crippen molar-refractivity contribution in [3.05, 3.63) is 63.0 Å². The second-order valence-corrected chi connectivity index (χ2v) is 6.17. The number of nitrogens with one attached hydrogen (secondary N) is 1. The lowest BCUT2D eigenvalue weighted by atomic mass is 10.1. The van der Waals surface area contributed by atoms with E-state index in [1.807, 2.05) is 0 Å². The monoisotopic (exact) mass is 434 g/mol. The number of hydrogen-bond acceptors (Lipinski definition) is 4. The van der Waals surface area contributed by atoms with Crippen LogP contribution in [-0.4, -0.2) is 28.5 Å². The number of alkyl halides is 3. The topological polar surface area (TPSA) is 80.6 Å². The number of amides is 1. The fraction of sp³-hybridized carbons (Fsp3) is 0.250. The van der Waals surface area contributed by atoms with Crippen LogP contribution in [0.1, 0.15) is 11.7 Å². The number of nitrogens with zero attached hydrogens (tertiary/aromatic N) is 1. The fourth-order valence-corrected chi connectivity index (χ4v) is 2.44. The molecule has 10 heteroatoms. The van der Waals surface area contributed by atoms with Gasteiger partial charge >= 0.3 is 6.36 Å². The van der Waals surface area contributed by atoms with Gasteiger partial charge < -0.3 is 19.7 Å². The summed E-state index contributed by atoms with van der Waals surface area (Å²) in [5, 5.41) is 12.5. The molecule has 6 nitrogen and oxygen atoms in total. The summed E-state index contributed by atoms with van der Waals surface area (Å²) in [7, 11) is 0. The number of aromatic nitrogens is 1. The molecular formula is C16H14BrF3N2O4. The van der Waals surface area contributed by atoms with E-state index in [0.717, 1.165) is 12.1 Å². The van der Waals surface area contributed by atoms with Gasteiger partial charge in [-0.25, -0.2) is 0 Å². The Hall–Kier alpha value is -2.33. The first-order chi connectivity index (χ1) is 12.1. The van der Waals surface area contributed by atoms with Crippen molar-refractivity contribution < 1.29 is 27.8 Å². The van der Waals surface area contributed by atoms with Crippen LogP contribution < -0.4 is 15.6 Å². The maximum Gasteiger partial charge on any atom is 0.573 e. The molecule has 0 aliphatic rings. The third-order valence-electron chi connectivity index (χ3n) is 3.25. The van der Waals surface area contributed by atoms with Gasteiger partial charge in [-0.05, 0) is 39.7 Å². The first kappa shape index (κ1) is 20.0. The lowest BCUT2D eigenvalue weighted by Gasteiger charge is -2.14. The molecule has 2 N–H and O–H groups in total. The SMILES string of the molecule is O=C(Cn1cc(Br)ccc1=O)NCC(O)c1ccc(OC(F)(F)F)cc1. The van der Waals surface area contributed by atoms with Gasteiger partial charge in [-0.2, -0.15) is 0 Å². The Labute approximate surface area is 154 Å². The molecule has 2 aromatic rings. The van der Waals surface area contributed by atoms with Crippen LogP contribution in [0.3, 0.4) is 0 Å². The Morgan fingerprint density at radius 1 is 1.23 bits per heavy atom. The van der Waals surface area contributed by atoms with Gasteiger partial charge in [-0.3, -0.25) is 9.59 Å². The number of ether oxygens (including phenoxy) is 1. The lowest BCUT2D eigenvalue weighted by Crippen LogP contribution is -2.34. The van der Waals surface area contributed by atoms with Crippen LogP contribution in [0.4, 0.5) is 13.2 Å². The van der Waals surface area contributed by atoms with Crippen molar-refractivity contribution in [1.82, 2.24) is 9.88 Å². The minimum absolute atomic E-state index is 0.166. The molecule has 1 atom stereocenters. The van der Waals surface area contributed by atoms with Gasteiger partial charge in [0.25, 0.3) is 5.56 Å². The van der Waals surface area contributed by atoms with Crippen molar-refractivity contribution in [2.24, 2.45) is 0 Å². The van der Waals surface area contributed by atoms with Crippen LogP contribution in [-0.2, 0) is 11.3 Å². The Morgan fingerprint density at radius 3 is 2.50 bits per heavy atom. The molecule has 0 aliphatic heterocycles.